The van der Waals surface area contributed by atoms with Crippen LogP contribution in [0.2, 0.25) is 0 Å². The lowest BCUT2D eigenvalue weighted by molar-refractivity contribution is 0.173. The molecule has 6 nitrogen and oxygen atoms in total. The highest BCUT2D eigenvalue weighted by Crippen LogP contribution is 2.34. The van der Waals surface area contributed by atoms with Crippen LogP contribution < -0.4 is 5.32 Å². The summed E-state index contributed by atoms with van der Waals surface area (Å²) in [5.74, 6) is -1.19. The average Bonchev–Trinajstić information content (AvgIpc) is 3.21. The molecule has 21 heavy (non-hydrogen) atoms. The van der Waals surface area contributed by atoms with Crippen molar-refractivity contribution >= 4 is 0 Å². The summed E-state index contributed by atoms with van der Waals surface area (Å²) in [7, 11) is 0. The van der Waals surface area contributed by atoms with Crippen LogP contribution in [0.4, 0.5) is 8.78 Å². The number of aliphatic hydroxyl groups excluding tert-OH is 1. The molecular weight excluding hydrogens is 280 g/mol. The van der Waals surface area contributed by atoms with Crippen molar-refractivity contribution in [2.75, 3.05) is 6.54 Å². The van der Waals surface area contributed by atoms with Gasteiger partial charge in [-0.1, -0.05) is 6.07 Å². The van der Waals surface area contributed by atoms with Gasteiger partial charge in [-0.25, -0.2) is 13.5 Å². The van der Waals surface area contributed by atoms with Gasteiger partial charge in [-0.05, 0) is 41.0 Å². The largest absolute Gasteiger partial charge is 0.387 e. The highest BCUT2D eigenvalue weighted by atomic mass is 19.2. The molecule has 1 aliphatic carbocycles. The van der Waals surface area contributed by atoms with Crippen LogP contribution in [0.5, 0.6) is 0 Å². The summed E-state index contributed by atoms with van der Waals surface area (Å²) in [5, 5.41) is 24.4. The fourth-order valence-corrected chi connectivity index (χ4v) is 2.09. The second-order valence-electron chi connectivity index (χ2n) is 5.09. The fraction of sp³-hybridized carbons (Fsp3) is 0.462. The number of halogens is 2. The number of nitrogens with zero attached hydrogens (tertiary/aromatic N) is 4. The van der Waals surface area contributed by atoms with E-state index in [1.54, 1.807) is 4.68 Å². The molecule has 1 aliphatic rings. The Kier molecular flexibility index (Phi) is 3.89. The van der Waals surface area contributed by atoms with E-state index < -0.39 is 17.7 Å². The zero-order valence-corrected chi connectivity index (χ0v) is 11.2. The standard InChI is InChI=1S/C13H15F2N5O/c14-10-4-1-8(5-11(10)15)12(21)6-16-7-13-17-18-19-20(13)9-2-3-9/h1,4-5,9,12,16,21H,2-3,6-7H2/t12-/m0/s1. The summed E-state index contributed by atoms with van der Waals surface area (Å²) in [5.41, 5.74) is 0.322. The van der Waals surface area contributed by atoms with Gasteiger partial charge in [0.15, 0.2) is 17.5 Å². The Hall–Kier alpha value is -1.93. The Morgan fingerprint density at radius 3 is 2.86 bits per heavy atom. The number of aromatic nitrogens is 4. The first-order valence-electron chi connectivity index (χ1n) is 6.75. The van der Waals surface area contributed by atoms with E-state index in [1.165, 1.54) is 6.07 Å². The predicted octanol–water partition coefficient (Wildman–Crippen LogP) is 1.11. The smallest absolute Gasteiger partial charge is 0.165 e. The van der Waals surface area contributed by atoms with E-state index in [9.17, 15) is 13.9 Å². The van der Waals surface area contributed by atoms with E-state index >= 15 is 0 Å². The molecule has 112 valence electrons. The molecular formula is C13H15F2N5O. The fourth-order valence-electron chi connectivity index (χ4n) is 2.09. The summed E-state index contributed by atoms with van der Waals surface area (Å²) in [6.07, 6.45) is 1.23. The molecule has 0 unspecified atom stereocenters. The number of tetrazole rings is 1. The lowest BCUT2D eigenvalue weighted by atomic mass is 10.1. The number of hydrogen-bond donors (Lipinski definition) is 2. The van der Waals surface area contributed by atoms with E-state index in [2.05, 4.69) is 20.8 Å². The van der Waals surface area contributed by atoms with Gasteiger partial charge in [-0.15, -0.1) is 5.10 Å². The number of aliphatic hydroxyl groups is 1. The molecule has 8 heteroatoms. The normalized spacial score (nSPS) is 16.1. The molecule has 0 radical (unpaired) electrons. The van der Waals surface area contributed by atoms with Crippen molar-refractivity contribution in [2.24, 2.45) is 0 Å². The Morgan fingerprint density at radius 1 is 1.33 bits per heavy atom. The van der Waals surface area contributed by atoms with E-state index in [0.29, 0.717) is 24.0 Å². The van der Waals surface area contributed by atoms with Crippen LogP contribution in [0.15, 0.2) is 18.2 Å². The predicted molar refractivity (Wildman–Crippen MR) is 69.1 cm³/mol. The summed E-state index contributed by atoms with van der Waals surface area (Å²) in [6.45, 7) is 0.604. The van der Waals surface area contributed by atoms with Gasteiger partial charge in [0.05, 0.1) is 18.7 Å². The van der Waals surface area contributed by atoms with Crippen LogP contribution in [0, 0.1) is 11.6 Å². The van der Waals surface area contributed by atoms with Crippen molar-refractivity contribution in [1.82, 2.24) is 25.5 Å². The molecule has 1 saturated carbocycles. The first-order chi connectivity index (χ1) is 10.1. The van der Waals surface area contributed by atoms with Crippen molar-refractivity contribution in [3.8, 4) is 0 Å². The highest BCUT2D eigenvalue weighted by molar-refractivity contribution is 5.20. The van der Waals surface area contributed by atoms with Crippen LogP contribution >= 0.6 is 0 Å². The maximum atomic E-state index is 13.1. The van der Waals surface area contributed by atoms with Gasteiger partial charge in [0.1, 0.15) is 0 Å². The van der Waals surface area contributed by atoms with Crippen LogP contribution in [0.1, 0.15) is 36.4 Å². The molecule has 1 atom stereocenters. The molecule has 0 bridgehead atoms. The third-order valence-electron chi connectivity index (χ3n) is 3.40. The van der Waals surface area contributed by atoms with Gasteiger partial charge in [0, 0.05) is 6.54 Å². The topological polar surface area (TPSA) is 75.9 Å². The highest BCUT2D eigenvalue weighted by Gasteiger charge is 2.27. The van der Waals surface area contributed by atoms with E-state index in [1.807, 2.05) is 0 Å². The van der Waals surface area contributed by atoms with Gasteiger partial charge in [0.25, 0.3) is 0 Å². The van der Waals surface area contributed by atoms with Crippen molar-refractivity contribution in [2.45, 2.75) is 31.5 Å². The molecule has 1 aromatic carbocycles. The van der Waals surface area contributed by atoms with Gasteiger partial charge < -0.3 is 10.4 Å². The van der Waals surface area contributed by atoms with Gasteiger partial charge in [-0.2, -0.15) is 0 Å². The first kappa shape index (κ1) is 14.0. The summed E-state index contributed by atoms with van der Waals surface area (Å²) in [4.78, 5) is 0. The minimum absolute atomic E-state index is 0.197. The number of rotatable bonds is 6. The van der Waals surface area contributed by atoms with Crippen LogP contribution in [0.25, 0.3) is 0 Å². The van der Waals surface area contributed by atoms with Crippen LogP contribution in [-0.4, -0.2) is 31.9 Å². The lowest BCUT2D eigenvalue weighted by Crippen LogP contribution is -2.23. The first-order valence-corrected chi connectivity index (χ1v) is 6.75. The van der Waals surface area contributed by atoms with Crippen LogP contribution in [-0.2, 0) is 6.54 Å². The molecule has 1 fully saturated rings. The minimum atomic E-state index is -0.968. The van der Waals surface area contributed by atoms with Crippen LogP contribution in [0.3, 0.4) is 0 Å². The van der Waals surface area contributed by atoms with Crippen molar-refractivity contribution in [1.29, 1.82) is 0 Å². The molecule has 0 amide bonds. The SMILES string of the molecule is O[C@@H](CNCc1nnnn1C1CC1)c1ccc(F)c(F)c1. The zero-order chi connectivity index (χ0) is 14.8. The number of benzene rings is 1. The van der Waals surface area contributed by atoms with E-state index in [-0.39, 0.29) is 6.54 Å². The third-order valence-corrected chi connectivity index (χ3v) is 3.40. The maximum Gasteiger partial charge on any atom is 0.165 e. The number of hydrogen-bond acceptors (Lipinski definition) is 5. The third kappa shape index (κ3) is 3.22. The molecule has 0 aliphatic heterocycles. The van der Waals surface area contributed by atoms with E-state index in [0.717, 1.165) is 25.0 Å². The van der Waals surface area contributed by atoms with Gasteiger partial charge >= 0.3 is 0 Å². The van der Waals surface area contributed by atoms with Gasteiger partial charge in [-0.3, -0.25) is 0 Å². The Labute approximate surface area is 119 Å². The molecule has 0 spiro atoms. The molecule has 3 rings (SSSR count). The van der Waals surface area contributed by atoms with E-state index in [4.69, 9.17) is 0 Å². The van der Waals surface area contributed by atoms with Gasteiger partial charge in [0.2, 0.25) is 0 Å². The average molecular weight is 295 g/mol. The Morgan fingerprint density at radius 2 is 2.14 bits per heavy atom. The van der Waals surface area contributed by atoms with Crippen molar-refractivity contribution in [3.63, 3.8) is 0 Å². The van der Waals surface area contributed by atoms with Crippen molar-refractivity contribution < 1.29 is 13.9 Å². The molecule has 2 N–H and O–H groups in total. The maximum absolute atomic E-state index is 13.1. The second kappa shape index (κ2) is 5.82. The quantitative estimate of drug-likeness (QED) is 0.835. The summed E-state index contributed by atoms with van der Waals surface area (Å²) >= 11 is 0. The summed E-state index contributed by atoms with van der Waals surface area (Å²) in [6, 6.07) is 3.74. The minimum Gasteiger partial charge on any atom is -0.387 e. The molecule has 1 aromatic heterocycles. The molecule has 2 aromatic rings. The summed E-state index contributed by atoms with van der Waals surface area (Å²) < 4.78 is 27.7. The molecule has 0 saturated heterocycles. The number of nitrogens with one attached hydrogen (secondary N) is 1. The molecule has 1 heterocycles. The Balaban J connectivity index is 1.54. The van der Waals surface area contributed by atoms with Crippen molar-refractivity contribution in [3.05, 3.63) is 41.2 Å². The monoisotopic (exact) mass is 295 g/mol. The Bertz CT molecular complexity index is 629. The second-order valence-corrected chi connectivity index (χ2v) is 5.09. The zero-order valence-electron chi connectivity index (χ0n) is 11.2. The lowest BCUT2D eigenvalue weighted by Gasteiger charge is -2.12.